The lowest BCUT2D eigenvalue weighted by molar-refractivity contribution is -0.384. The van der Waals surface area contributed by atoms with E-state index in [-0.39, 0.29) is 11.7 Å². The number of ether oxygens (including phenoxy) is 1. The molecule has 1 atom stereocenters. The van der Waals surface area contributed by atoms with Gasteiger partial charge in [0.15, 0.2) is 0 Å². The van der Waals surface area contributed by atoms with E-state index in [1.54, 1.807) is 12.1 Å². The van der Waals surface area contributed by atoms with E-state index in [4.69, 9.17) is 4.74 Å². The van der Waals surface area contributed by atoms with Crippen LogP contribution in [0.5, 0.6) is 0 Å². The number of non-ortho nitro benzene ring substituents is 1. The molecule has 1 aromatic rings. The van der Waals surface area contributed by atoms with Gasteiger partial charge in [-0.1, -0.05) is 12.1 Å². The molecule has 1 aromatic carbocycles. The number of nitrogens with one attached hydrogen (secondary N) is 1. The van der Waals surface area contributed by atoms with Crippen molar-refractivity contribution in [2.24, 2.45) is 0 Å². The van der Waals surface area contributed by atoms with Crippen LogP contribution in [0.1, 0.15) is 25.5 Å². The molecular weight excluding hydrogens is 220 g/mol. The van der Waals surface area contributed by atoms with Gasteiger partial charge < -0.3 is 10.1 Å². The minimum absolute atomic E-state index is 0.121. The molecule has 0 heterocycles. The summed E-state index contributed by atoms with van der Waals surface area (Å²) < 4.78 is 5.22. The monoisotopic (exact) mass is 238 g/mol. The number of hydrogen-bond acceptors (Lipinski definition) is 4. The summed E-state index contributed by atoms with van der Waals surface area (Å²) in [5, 5.41) is 13.8. The van der Waals surface area contributed by atoms with Crippen molar-refractivity contribution in [2.75, 3.05) is 19.8 Å². The molecule has 17 heavy (non-hydrogen) atoms. The van der Waals surface area contributed by atoms with Gasteiger partial charge in [-0.2, -0.15) is 0 Å². The quantitative estimate of drug-likeness (QED) is 0.449. The third-order valence-electron chi connectivity index (χ3n) is 2.50. The third kappa shape index (κ3) is 4.50. The Morgan fingerprint density at radius 3 is 2.59 bits per heavy atom. The number of nitro groups is 1. The number of rotatable bonds is 7. The summed E-state index contributed by atoms with van der Waals surface area (Å²) >= 11 is 0. The Balaban J connectivity index is 2.46. The van der Waals surface area contributed by atoms with Crippen LogP contribution in [0.4, 0.5) is 5.69 Å². The molecular formula is C12H18N2O3. The normalized spacial score (nSPS) is 12.4. The summed E-state index contributed by atoms with van der Waals surface area (Å²) in [5.74, 6) is 0. The molecule has 5 nitrogen and oxygen atoms in total. The number of nitro benzene ring substituents is 1. The highest BCUT2D eigenvalue weighted by molar-refractivity contribution is 5.33. The van der Waals surface area contributed by atoms with Gasteiger partial charge in [-0.3, -0.25) is 10.1 Å². The second-order valence-electron chi connectivity index (χ2n) is 3.72. The van der Waals surface area contributed by atoms with Gasteiger partial charge in [0.1, 0.15) is 0 Å². The number of nitrogens with zero attached hydrogens (tertiary/aromatic N) is 1. The molecule has 1 N–H and O–H groups in total. The maximum Gasteiger partial charge on any atom is 0.269 e. The highest BCUT2D eigenvalue weighted by Crippen LogP contribution is 2.17. The fourth-order valence-electron chi connectivity index (χ4n) is 1.49. The molecule has 0 bridgehead atoms. The van der Waals surface area contributed by atoms with Gasteiger partial charge in [0.25, 0.3) is 5.69 Å². The first kappa shape index (κ1) is 13.6. The molecule has 0 amide bonds. The highest BCUT2D eigenvalue weighted by atomic mass is 16.6. The Labute approximate surface area is 101 Å². The van der Waals surface area contributed by atoms with Crippen molar-refractivity contribution in [3.63, 3.8) is 0 Å². The second-order valence-corrected chi connectivity index (χ2v) is 3.72. The van der Waals surface area contributed by atoms with Crippen molar-refractivity contribution in [1.29, 1.82) is 0 Å². The molecule has 0 spiro atoms. The van der Waals surface area contributed by atoms with Gasteiger partial charge in [-0.15, -0.1) is 0 Å². The van der Waals surface area contributed by atoms with Crippen LogP contribution in [0, 0.1) is 10.1 Å². The summed E-state index contributed by atoms with van der Waals surface area (Å²) in [6.45, 7) is 6.14. The van der Waals surface area contributed by atoms with Crippen LogP contribution in [0.3, 0.4) is 0 Å². The first-order chi connectivity index (χ1) is 8.15. The van der Waals surface area contributed by atoms with Crippen LogP contribution < -0.4 is 5.32 Å². The molecule has 0 saturated heterocycles. The lowest BCUT2D eigenvalue weighted by atomic mass is 10.1. The second kappa shape index (κ2) is 6.98. The fraction of sp³-hybridized carbons (Fsp3) is 0.500. The Morgan fingerprint density at radius 1 is 1.41 bits per heavy atom. The minimum Gasteiger partial charge on any atom is -0.380 e. The van der Waals surface area contributed by atoms with Gasteiger partial charge in [0.2, 0.25) is 0 Å². The predicted octanol–water partition coefficient (Wildman–Crippen LogP) is 2.28. The minimum atomic E-state index is -0.392. The summed E-state index contributed by atoms with van der Waals surface area (Å²) in [7, 11) is 0. The molecule has 1 rings (SSSR count). The molecule has 94 valence electrons. The molecule has 1 unspecified atom stereocenters. The average molecular weight is 238 g/mol. The van der Waals surface area contributed by atoms with E-state index in [9.17, 15) is 10.1 Å². The van der Waals surface area contributed by atoms with E-state index in [0.29, 0.717) is 13.2 Å². The van der Waals surface area contributed by atoms with Crippen LogP contribution in [0.25, 0.3) is 0 Å². The Bertz CT molecular complexity index is 351. The van der Waals surface area contributed by atoms with Gasteiger partial charge in [-0.25, -0.2) is 0 Å². The van der Waals surface area contributed by atoms with Gasteiger partial charge >= 0.3 is 0 Å². The van der Waals surface area contributed by atoms with Crippen molar-refractivity contribution in [2.45, 2.75) is 19.9 Å². The standard InChI is InChI=1S/C12H18N2O3/c1-3-17-9-8-13-10(2)11-4-6-12(7-5-11)14(15)16/h4-7,10,13H,3,8-9H2,1-2H3. The number of benzene rings is 1. The summed E-state index contributed by atoms with van der Waals surface area (Å²) in [6.07, 6.45) is 0. The van der Waals surface area contributed by atoms with Crippen molar-refractivity contribution in [3.8, 4) is 0 Å². The van der Waals surface area contributed by atoms with Crippen molar-refractivity contribution in [3.05, 3.63) is 39.9 Å². The average Bonchev–Trinajstić information content (AvgIpc) is 2.34. The van der Waals surface area contributed by atoms with E-state index in [2.05, 4.69) is 5.32 Å². The van der Waals surface area contributed by atoms with Crippen LogP contribution in [-0.2, 0) is 4.74 Å². The van der Waals surface area contributed by atoms with Crippen molar-refractivity contribution < 1.29 is 9.66 Å². The SMILES string of the molecule is CCOCCNC(C)c1ccc([N+](=O)[O-])cc1. The van der Waals surface area contributed by atoms with Crippen LogP contribution in [-0.4, -0.2) is 24.7 Å². The third-order valence-corrected chi connectivity index (χ3v) is 2.50. The lowest BCUT2D eigenvalue weighted by Gasteiger charge is -2.13. The summed E-state index contributed by atoms with van der Waals surface area (Å²) in [5.41, 5.74) is 1.15. The molecule has 0 aliphatic carbocycles. The predicted molar refractivity (Wildman–Crippen MR) is 66.0 cm³/mol. The van der Waals surface area contributed by atoms with Crippen LogP contribution >= 0.6 is 0 Å². The molecule has 0 fully saturated rings. The zero-order valence-electron chi connectivity index (χ0n) is 10.2. The van der Waals surface area contributed by atoms with E-state index in [1.165, 1.54) is 12.1 Å². The smallest absolute Gasteiger partial charge is 0.269 e. The molecule has 5 heteroatoms. The van der Waals surface area contributed by atoms with Gasteiger partial charge in [0.05, 0.1) is 11.5 Å². The first-order valence-electron chi connectivity index (χ1n) is 5.70. The molecule has 0 aromatic heterocycles. The zero-order valence-corrected chi connectivity index (χ0v) is 10.2. The van der Waals surface area contributed by atoms with E-state index in [1.807, 2.05) is 13.8 Å². The van der Waals surface area contributed by atoms with E-state index >= 15 is 0 Å². The summed E-state index contributed by atoms with van der Waals surface area (Å²) in [4.78, 5) is 10.1. The molecule has 0 aliphatic rings. The Hall–Kier alpha value is -1.46. The maximum atomic E-state index is 10.5. The Morgan fingerprint density at radius 2 is 2.06 bits per heavy atom. The lowest BCUT2D eigenvalue weighted by Crippen LogP contribution is -2.23. The van der Waals surface area contributed by atoms with Crippen molar-refractivity contribution in [1.82, 2.24) is 5.32 Å². The molecule has 0 aliphatic heterocycles. The first-order valence-corrected chi connectivity index (χ1v) is 5.70. The zero-order chi connectivity index (χ0) is 12.7. The summed E-state index contributed by atoms with van der Waals surface area (Å²) in [6, 6.07) is 6.76. The molecule has 0 saturated carbocycles. The van der Waals surface area contributed by atoms with Crippen LogP contribution in [0.15, 0.2) is 24.3 Å². The van der Waals surface area contributed by atoms with Gasteiger partial charge in [0, 0.05) is 31.3 Å². The highest BCUT2D eigenvalue weighted by Gasteiger charge is 2.08. The van der Waals surface area contributed by atoms with E-state index < -0.39 is 4.92 Å². The van der Waals surface area contributed by atoms with Crippen molar-refractivity contribution >= 4 is 5.69 Å². The molecule has 0 radical (unpaired) electrons. The fourth-order valence-corrected chi connectivity index (χ4v) is 1.49. The maximum absolute atomic E-state index is 10.5. The van der Waals surface area contributed by atoms with E-state index in [0.717, 1.165) is 12.1 Å². The largest absolute Gasteiger partial charge is 0.380 e. The number of hydrogen-bond donors (Lipinski definition) is 1. The topological polar surface area (TPSA) is 64.4 Å². The van der Waals surface area contributed by atoms with Gasteiger partial charge in [-0.05, 0) is 19.4 Å². The Kier molecular flexibility index (Phi) is 5.59. The van der Waals surface area contributed by atoms with Crippen LogP contribution in [0.2, 0.25) is 0 Å².